The molecule has 1 aliphatic rings. The monoisotopic (exact) mass is 523 g/mol. The number of benzene rings is 4. The van der Waals surface area contributed by atoms with Gasteiger partial charge in [-0.05, 0) is 22.3 Å². The van der Waals surface area contributed by atoms with E-state index < -0.39 is 6.10 Å². The summed E-state index contributed by atoms with van der Waals surface area (Å²) in [5.74, 6) is 0. The lowest BCUT2D eigenvalue weighted by Crippen LogP contribution is -2.64. The van der Waals surface area contributed by atoms with Gasteiger partial charge in [0.2, 0.25) is 0 Å². The first-order valence-corrected chi connectivity index (χ1v) is 13.7. The van der Waals surface area contributed by atoms with Crippen LogP contribution in [0.1, 0.15) is 22.3 Å². The van der Waals surface area contributed by atoms with Gasteiger partial charge in [-0.15, -0.1) is 0 Å². The fourth-order valence-electron chi connectivity index (χ4n) is 5.19. The highest BCUT2D eigenvalue weighted by Gasteiger charge is 2.45. The largest absolute Gasteiger partial charge is 0.395 e. The molecule has 0 aromatic heterocycles. The summed E-state index contributed by atoms with van der Waals surface area (Å²) in [6, 6.07) is 40.6. The summed E-state index contributed by atoms with van der Waals surface area (Å²) in [5.41, 5.74) is 4.47. The van der Waals surface area contributed by atoms with E-state index in [1.54, 1.807) is 0 Å². The molecule has 1 fully saturated rings. The van der Waals surface area contributed by atoms with Crippen LogP contribution < -0.4 is 0 Å². The lowest BCUT2D eigenvalue weighted by Gasteiger charge is -2.48. The maximum absolute atomic E-state index is 10.7. The zero-order valence-corrected chi connectivity index (χ0v) is 22.2. The van der Waals surface area contributed by atoms with Crippen LogP contribution in [-0.2, 0) is 40.6 Å². The fourth-order valence-corrected chi connectivity index (χ4v) is 5.19. The van der Waals surface area contributed by atoms with Crippen molar-refractivity contribution in [1.29, 1.82) is 0 Å². The average molecular weight is 524 g/mol. The van der Waals surface area contributed by atoms with Crippen molar-refractivity contribution in [1.82, 2.24) is 4.90 Å². The van der Waals surface area contributed by atoms with Gasteiger partial charge in [-0.2, -0.15) is 0 Å². The first-order chi connectivity index (χ1) is 19.3. The molecular formula is C34H37NO4. The molecule has 4 aromatic carbocycles. The number of rotatable bonds is 12. The van der Waals surface area contributed by atoms with Gasteiger partial charge >= 0.3 is 0 Å². The van der Waals surface area contributed by atoms with Crippen LogP contribution in [0, 0.1) is 0 Å². The first-order valence-electron chi connectivity index (χ1n) is 13.7. The summed E-state index contributed by atoms with van der Waals surface area (Å²) in [6.07, 6.45) is -1.000. The van der Waals surface area contributed by atoms with Gasteiger partial charge in [0.1, 0.15) is 12.2 Å². The van der Waals surface area contributed by atoms with Crippen LogP contribution in [-0.4, -0.2) is 47.5 Å². The molecule has 1 N–H and O–H groups in total. The van der Waals surface area contributed by atoms with E-state index in [0.717, 1.165) is 16.7 Å². The highest BCUT2D eigenvalue weighted by molar-refractivity contribution is 5.17. The molecule has 0 radical (unpaired) electrons. The molecule has 1 aliphatic heterocycles. The van der Waals surface area contributed by atoms with Gasteiger partial charge in [0.15, 0.2) is 0 Å². The SMILES string of the molecule is OC[C@H]1[C@@H](OCc2ccccc2)[C@@H](OCc2ccccc2)[C@H](OCc2ccccc2)CN1Cc1ccccc1. The molecule has 0 saturated carbocycles. The minimum atomic E-state index is -0.392. The predicted octanol–water partition coefficient (Wildman–Crippen LogP) is 5.62. The van der Waals surface area contributed by atoms with E-state index in [4.69, 9.17) is 14.2 Å². The number of hydrogen-bond acceptors (Lipinski definition) is 5. The summed E-state index contributed by atoms with van der Waals surface area (Å²) in [4.78, 5) is 2.28. The Labute approximate surface area is 231 Å². The van der Waals surface area contributed by atoms with Gasteiger partial charge in [0, 0.05) is 13.1 Å². The zero-order chi connectivity index (χ0) is 26.7. The van der Waals surface area contributed by atoms with E-state index in [-0.39, 0.29) is 24.9 Å². The number of aliphatic hydroxyl groups is 1. The quantitative estimate of drug-likeness (QED) is 0.261. The topological polar surface area (TPSA) is 51.2 Å². The van der Waals surface area contributed by atoms with E-state index in [9.17, 15) is 5.11 Å². The second-order valence-electron chi connectivity index (χ2n) is 10.0. The van der Waals surface area contributed by atoms with Gasteiger partial charge in [0.25, 0.3) is 0 Å². The standard InChI is InChI=1S/C34H37NO4/c36-23-31-33(38-25-29-17-9-3-10-18-29)34(39-26-30-19-11-4-12-20-30)32(37-24-28-15-7-2-8-16-28)22-35(31)21-27-13-5-1-6-14-27/h1-20,31-34,36H,21-26H2/t31-,32+,33+,34-/m0/s1. The van der Waals surface area contributed by atoms with Gasteiger partial charge in [-0.25, -0.2) is 0 Å². The van der Waals surface area contributed by atoms with E-state index in [1.165, 1.54) is 5.56 Å². The number of hydrogen-bond donors (Lipinski definition) is 1. The average Bonchev–Trinajstić information content (AvgIpc) is 3.00. The van der Waals surface area contributed by atoms with Gasteiger partial charge in [-0.1, -0.05) is 121 Å². The number of likely N-dealkylation sites (tertiary alicyclic amines) is 1. The molecule has 0 aliphatic carbocycles. The smallest absolute Gasteiger partial charge is 0.113 e. The Balaban J connectivity index is 1.42. The summed E-state index contributed by atoms with van der Waals surface area (Å²) in [6.45, 7) is 2.62. The van der Waals surface area contributed by atoms with Gasteiger partial charge in [-0.3, -0.25) is 4.90 Å². The molecule has 202 valence electrons. The minimum absolute atomic E-state index is 0.0388. The predicted molar refractivity (Wildman–Crippen MR) is 153 cm³/mol. The first kappa shape index (κ1) is 27.3. The lowest BCUT2D eigenvalue weighted by molar-refractivity contribution is -0.209. The van der Waals surface area contributed by atoms with E-state index in [1.807, 2.05) is 72.8 Å². The molecule has 5 heteroatoms. The van der Waals surface area contributed by atoms with Crippen molar-refractivity contribution in [2.24, 2.45) is 0 Å². The summed E-state index contributed by atoms with van der Waals surface area (Å²) in [5, 5.41) is 10.7. The number of piperidine rings is 1. The highest BCUT2D eigenvalue weighted by atomic mass is 16.6. The molecule has 0 bridgehead atoms. The van der Waals surface area contributed by atoms with E-state index in [0.29, 0.717) is 32.9 Å². The van der Waals surface area contributed by atoms with Crippen LogP contribution in [0.5, 0.6) is 0 Å². The van der Waals surface area contributed by atoms with Crippen molar-refractivity contribution >= 4 is 0 Å². The number of ether oxygens (including phenoxy) is 3. The Hall–Kier alpha value is -3.32. The van der Waals surface area contributed by atoms with Crippen LogP contribution in [0.25, 0.3) is 0 Å². The minimum Gasteiger partial charge on any atom is -0.395 e. The van der Waals surface area contributed by atoms with Crippen molar-refractivity contribution in [3.05, 3.63) is 144 Å². The molecule has 5 rings (SSSR count). The van der Waals surface area contributed by atoms with E-state index >= 15 is 0 Å². The highest BCUT2D eigenvalue weighted by Crippen LogP contribution is 2.29. The third kappa shape index (κ3) is 7.63. The van der Waals surface area contributed by atoms with Crippen LogP contribution in [0.4, 0.5) is 0 Å². The Morgan fingerprint density at radius 1 is 0.538 bits per heavy atom. The molecule has 0 unspecified atom stereocenters. The van der Waals surface area contributed by atoms with Crippen molar-refractivity contribution < 1.29 is 19.3 Å². The summed E-state index contributed by atoms with van der Waals surface area (Å²) in [7, 11) is 0. The van der Waals surface area contributed by atoms with Crippen molar-refractivity contribution in [2.75, 3.05) is 13.2 Å². The molecule has 1 saturated heterocycles. The number of aliphatic hydroxyl groups excluding tert-OH is 1. The normalized spacial score (nSPS) is 21.6. The Morgan fingerprint density at radius 2 is 0.949 bits per heavy atom. The second-order valence-corrected chi connectivity index (χ2v) is 10.0. The van der Waals surface area contributed by atoms with Crippen molar-refractivity contribution in [3.63, 3.8) is 0 Å². The van der Waals surface area contributed by atoms with Gasteiger partial charge in [0.05, 0.1) is 38.6 Å². The molecule has 39 heavy (non-hydrogen) atoms. The molecule has 1 heterocycles. The van der Waals surface area contributed by atoms with Crippen LogP contribution in [0.2, 0.25) is 0 Å². The van der Waals surface area contributed by atoms with Crippen LogP contribution in [0.3, 0.4) is 0 Å². The van der Waals surface area contributed by atoms with Gasteiger partial charge < -0.3 is 19.3 Å². The second kappa shape index (κ2) is 14.2. The third-order valence-electron chi connectivity index (χ3n) is 7.25. The summed E-state index contributed by atoms with van der Waals surface area (Å²) < 4.78 is 19.8. The Morgan fingerprint density at radius 3 is 1.41 bits per heavy atom. The van der Waals surface area contributed by atoms with Crippen molar-refractivity contribution in [3.8, 4) is 0 Å². The molecule has 0 spiro atoms. The Kier molecular flexibility index (Phi) is 9.91. The van der Waals surface area contributed by atoms with E-state index in [2.05, 4.69) is 53.4 Å². The lowest BCUT2D eigenvalue weighted by atomic mass is 9.92. The maximum Gasteiger partial charge on any atom is 0.113 e. The maximum atomic E-state index is 10.7. The third-order valence-corrected chi connectivity index (χ3v) is 7.25. The molecule has 5 nitrogen and oxygen atoms in total. The van der Waals surface area contributed by atoms with Crippen molar-refractivity contribution in [2.45, 2.75) is 50.7 Å². The Bertz CT molecular complexity index is 1220. The van der Waals surface area contributed by atoms with Crippen LogP contribution >= 0.6 is 0 Å². The fraction of sp³-hybridized carbons (Fsp3) is 0.294. The summed E-state index contributed by atoms with van der Waals surface area (Å²) >= 11 is 0. The molecule has 4 atom stereocenters. The van der Waals surface area contributed by atoms with Crippen LogP contribution in [0.15, 0.2) is 121 Å². The zero-order valence-electron chi connectivity index (χ0n) is 22.2. The molecule has 0 amide bonds. The molecule has 4 aromatic rings. The molecular weight excluding hydrogens is 486 g/mol. The number of nitrogens with zero attached hydrogens (tertiary/aromatic N) is 1.